The van der Waals surface area contributed by atoms with Crippen molar-refractivity contribution in [1.82, 2.24) is 10.2 Å². The SMILES string of the molecule is CC[C@H](C(=O)NC(C)C)N(Cc1ccc(F)cc1)C(=O)CSCc1cc(C)cc(C)c1. The fourth-order valence-corrected chi connectivity index (χ4v) is 4.42. The molecular weight excluding hydrogens is 411 g/mol. The number of nitrogens with zero attached hydrogens (tertiary/aromatic N) is 1. The third-order valence-corrected chi connectivity index (χ3v) is 5.85. The van der Waals surface area contributed by atoms with E-state index in [1.165, 1.54) is 28.8 Å². The number of thioether (sulfide) groups is 1. The lowest BCUT2D eigenvalue weighted by Gasteiger charge is -2.31. The van der Waals surface area contributed by atoms with Gasteiger partial charge in [0.15, 0.2) is 0 Å². The minimum absolute atomic E-state index is 0.0109. The topological polar surface area (TPSA) is 49.4 Å². The lowest BCUT2D eigenvalue weighted by atomic mass is 10.1. The molecule has 0 spiro atoms. The number of hydrogen-bond donors (Lipinski definition) is 1. The molecule has 0 aliphatic carbocycles. The Balaban J connectivity index is 2.13. The molecule has 0 fully saturated rings. The summed E-state index contributed by atoms with van der Waals surface area (Å²) in [6.45, 7) is 10.1. The summed E-state index contributed by atoms with van der Waals surface area (Å²) in [6, 6.07) is 11.9. The van der Waals surface area contributed by atoms with Crippen LogP contribution in [0.5, 0.6) is 0 Å². The highest BCUT2D eigenvalue weighted by molar-refractivity contribution is 7.99. The lowest BCUT2D eigenvalue weighted by Crippen LogP contribution is -2.50. The zero-order chi connectivity index (χ0) is 23.0. The zero-order valence-corrected chi connectivity index (χ0v) is 19.9. The van der Waals surface area contributed by atoms with E-state index in [1.54, 1.807) is 28.8 Å². The first kappa shape index (κ1) is 24.9. The van der Waals surface area contributed by atoms with Gasteiger partial charge in [0.1, 0.15) is 11.9 Å². The van der Waals surface area contributed by atoms with Gasteiger partial charge in [0, 0.05) is 18.3 Å². The number of halogens is 1. The highest BCUT2D eigenvalue weighted by atomic mass is 32.2. The van der Waals surface area contributed by atoms with E-state index < -0.39 is 6.04 Å². The summed E-state index contributed by atoms with van der Waals surface area (Å²) >= 11 is 1.54. The maximum atomic E-state index is 13.3. The standard InChI is InChI=1S/C25H33FN2O2S/c1-6-23(25(30)27-17(2)3)28(14-20-7-9-22(26)10-8-20)24(29)16-31-15-21-12-18(4)11-19(5)13-21/h7-13,17,23H,6,14-16H2,1-5H3,(H,27,30)/t23-/m1/s1. The smallest absolute Gasteiger partial charge is 0.243 e. The van der Waals surface area contributed by atoms with Crippen LogP contribution in [0.1, 0.15) is 49.4 Å². The van der Waals surface area contributed by atoms with E-state index in [1.807, 2.05) is 20.8 Å². The molecule has 0 saturated carbocycles. The Morgan fingerprint density at radius 2 is 1.65 bits per heavy atom. The maximum absolute atomic E-state index is 13.3. The molecule has 31 heavy (non-hydrogen) atoms. The van der Waals surface area contributed by atoms with Crippen molar-refractivity contribution in [2.45, 2.75) is 65.4 Å². The second-order valence-electron chi connectivity index (χ2n) is 8.22. The molecular formula is C25H33FN2O2S. The van der Waals surface area contributed by atoms with Crippen LogP contribution in [0.3, 0.4) is 0 Å². The maximum Gasteiger partial charge on any atom is 0.243 e. The van der Waals surface area contributed by atoms with Crippen molar-refractivity contribution in [1.29, 1.82) is 0 Å². The number of aryl methyl sites for hydroxylation is 2. The van der Waals surface area contributed by atoms with E-state index in [2.05, 4.69) is 37.4 Å². The quantitative estimate of drug-likeness (QED) is 0.561. The Kier molecular flexibility index (Phi) is 9.56. The van der Waals surface area contributed by atoms with Crippen LogP contribution in [0.15, 0.2) is 42.5 Å². The number of carbonyl (C=O) groups excluding carboxylic acids is 2. The second kappa shape index (κ2) is 11.9. The van der Waals surface area contributed by atoms with Crippen molar-refractivity contribution >= 4 is 23.6 Å². The van der Waals surface area contributed by atoms with Crippen LogP contribution < -0.4 is 5.32 Å². The van der Waals surface area contributed by atoms with Gasteiger partial charge in [0.2, 0.25) is 11.8 Å². The Bertz CT molecular complexity index is 863. The van der Waals surface area contributed by atoms with Gasteiger partial charge >= 0.3 is 0 Å². The van der Waals surface area contributed by atoms with Crippen LogP contribution in [-0.2, 0) is 21.9 Å². The predicted octanol–water partition coefficient (Wildman–Crippen LogP) is 5.01. The van der Waals surface area contributed by atoms with E-state index in [0.717, 1.165) is 11.3 Å². The van der Waals surface area contributed by atoms with E-state index in [4.69, 9.17) is 0 Å². The fourth-order valence-electron chi connectivity index (χ4n) is 3.58. The molecule has 0 bridgehead atoms. The number of nitrogens with one attached hydrogen (secondary N) is 1. The molecule has 1 atom stereocenters. The molecule has 4 nitrogen and oxygen atoms in total. The summed E-state index contributed by atoms with van der Waals surface area (Å²) in [5, 5.41) is 2.92. The minimum Gasteiger partial charge on any atom is -0.352 e. The summed E-state index contributed by atoms with van der Waals surface area (Å²) in [5.41, 5.74) is 4.39. The van der Waals surface area contributed by atoms with Gasteiger partial charge in [-0.1, -0.05) is 48.4 Å². The number of amides is 2. The van der Waals surface area contributed by atoms with Crippen molar-refractivity contribution in [2.75, 3.05) is 5.75 Å². The molecule has 0 aliphatic heterocycles. The van der Waals surface area contributed by atoms with Crippen molar-refractivity contribution < 1.29 is 14.0 Å². The van der Waals surface area contributed by atoms with Gasteiger partial charge in [-0.2, -0.15) is 0 Å². The van der Waals surface area contributed by atoms with Crippen molar-refractivity contribution in [3.8, 4) is 0 Å². The molecule has 2 amide bonds. The lowest BCUT2D eigenvalue weighted by molar-refractivity contribution is -0.139. The first-order valence-electron chi connectivity index (χ1n) is 10.7. The van der Waals surface area contributed by atoms with Gasteiger partial charge in [-0.3, -0.25) is 9.59 Å². The van der Waals surface area contributed by atoms with Gasteiger partial charge in [0.05, 0.1) is 5.75 Å². The molecule has 2 aromatic carbocycles. The van der Waals surface area contributed by atoms with E-state index in [0.29, 0.717) is 6.42 Å². The van der Waals surface area contributed by atoms with Gasteiger partial charge in [-0.05, 0) is 57.4 Å². The Labute approximate surface area is 189 Å². The Morgan fingerprint density at radius 3 is 2.19 bits per heavy atom. The summed E-state index contributed by atoms with van der Waals surface area (Å²) in [4.78, 5) is 27.6. The zero-order valence-electron chi connectivity index (χ0n) is 19.1. The van der Waals surface area contributed by atoms with Crippen molar-refractivity contribution in [3.05, 3.63) is 70.5 Å². The first-order chi connectivity index (χ1) is 14.7. The molecule has 6 heteroatoms. The molecule has 2 rings (SSSR count). The fraction of sp³-hybridized carbons (Fsp3) is 0.440. The highest BCUT2D eigenvalue weighted by Gasteiger charge is 2.28. The van der Waals surface area contributed by atoms with Crippen LogP contribution in [0.2, 0.25) is 0 Å². The Hall–Kier alpha value is -2.34. The average molecular weight is 445 g/mol. The van der Waals surface area contributed by atoms with Gasteiger partial charge < -0.3 is 10.2 Å². The third kappa shape index (κ3) is 8.02. The minimum atomic E-state index is -0.568. The third-order valence-electron chi connectivity index (χ3n) is 4.86. The van der Waals surface area contributed by atoms with Gasteiger partial charge in [-0.25, -0.2) is 4.39 Å². The normalized spacial score (nSPS) is 12.0. The average Bonchev–Trinajstić information content (AvgIpc) is 2.68. The molecule has 0 radical (unpaired) electrons. The summed E-state index contributed by atoms with van der Waals surface area (Å²) in [6.07, 6.45) is 0.507. The van der Waals surface area contributed by atoms with E-state index in [-0.39, 0.29) is 36.0 Å². The van der Waals surface area contributed by atoms with Crippen LogP contribution in [-0.4, -0.2) is 34.6 Å². The first-order valence-corrected chi connectivity index (χ1v) is 11.8. The monoisotopic (exact) mass is 444 g/mol. The van der Waals surface area contributed by atoms with Crippen LogP contribution >= 0.6 is 11.8 Å². The van der Waals surface area contributed by atoms with Crippen molar-refractivity contribution in [2.24, 2.45) is 0 Å². The summed E-state index contributed by atoms with van der Waals surface area (Å²) in [7, 11) is 0. The predicted molar refractivity (Wildman–Crippen MR) is 126 cm³/mol. The van der Waals surface area contributed by atoms with Crippen LogP contribution in [0.4, 0.5) is 4.39 Å². The molecule has 0 aliphatic rings. The van der Waals surface area contributed by atoms with Gasteiger partial charge in [0.25, 0.3) is 0 Å². The van der Waals surface area contributed by atoms with Crippen LogP contribution in [0, 0.1) is 19.7 Å². The molecule has 1 N–H and O–H groups in total. The van der Waals surface area contributed by atoms with Crippen molar-refractivity contribution in [3.63, 3.8) is 0 Å². The number of hydrogen-bond acceptors (Lipinski definition) is 3. The molecule has 0 unspecified atom stereocenters. The largest absolute Gasteiger partial charge is 0.352 e. The number of benzene rings is 2. The Morgan fingerprint density at radius 1 is 1.03 bits per heavy atom. The molecule has 0 aromatic heterocycles. The summed E-state index contributed by atoms with van der Waals surface area (Å²) < 4.78 is 13.3. The molecule has 168 valence electrons. The summed E-state index contributed by atoms with van der Waals surface area (Å²) in [5.74, 6) is 0.430. The number of carbonyl (C=O) groups is 2. The highest BCUT2D eigenvalue weighted by Crippen LogP contribution is 2.19. The van der Waals surface area contributed by atoms with Crippen LogP contribution in [0.25, 0.3) is 0 Å². The number of rotatable bonds is 10. The van der Waals surface area contributed by atoms with Gasteiger partial charge in [-0.15, -0.1) is 11.8 Å². The van der Waals surface area contributed by atoms with E-state index >= 15 is 0 Å². The molecule has 2 aromatic rings. The molecule has 0 saturated heterocycles. The molecule has 0 heterocycles. The van der Waals surface area contributed by atoms with E-state index in [9.17, 15) is 14.0 Å². The second-order valence-corrected chi connectivity index (χ2v) is 9.21.